The maximum absolute atomic E-state index is 11.8. The lowest BCUT2D eigenvalue weighted by atomic mass is 10.3. The second-order valence-corrected chi connectivity index (χ2v) is 5.04. The molecule has 0 saturated carbocycles. The van der Waals surface area contributed by atoms with Crippen molar-refractivity contribution in [2.24, 2.45) is 0 Å². The molecule has 0 aliphatic rings. The molecule has 92 valence electrons. The Kier molecular flexibility index (Phi) is 4.14. The molecule has 1 heterocycles. The molecule has 2 aromatic rings. The van der Waals surface area contributed by atoms with Crippen LogP contribution in [0.1, 0.15) is 0 Å². The molecular weight excluding hydrogens is 343 g/mol. The maximum Gasteiger partial charge on any atom is 0.290 e. The highest BCUT2D eigenvalue weighted by atomic mass is 127. The Bertz CT molecular complexity index is 555. The summed E-state index contributed by atoms with van der Waals surface area (Å²) in [5.41, 5.74) is 0.765. The van der Waals surface area contributed by atoms with Crippen LogP contribution in [0.4, 0.5) is 5.69 Å². The van der Waals surface area contributed by atoms with Crippen LogP contribution in [0.25, 0.3) is 0 Å². The van der Waals surface area contributed by atoms with Gasteiger partial charge in [-0.25, -0.2) is 0 Å². The van der Waals surface area contributed by atoms with E-state index in [9.17, 15) is 9.90 Å². The minimum atomic E-state index is -0.133. The zero-order chi connectivity index (χ0) is 13.0. The number of aromatic nitrogens is 1. The fraction of sp³-hybridized carbons (Fsp3) is 0.0769. The van der Waals surface area contributed by atoms with E-state index in [1.165, 1.54) is 6.20 Å². The minimum absolute atomic E-state index is 0.133. The third kappa shape index (κ3) is 3.69. The summed E-state index contributed by atoms with van der Waals surface area (Å²) in [6, 6.07) is 10.8. The smallest absolute Gasteiger partial charge is 0.290 e. The first kappa shape index (κ1) is 12.8. The van der Waals surface area contributed by atoms with E-state index in [-0.39, 0.29) is 18.2 Å². The van der Waals surface area contributed by atoms with E-state index in [0.717, 1.165) is 9.26 Å². The molecule has 1 aromatic heterocycles. The molecule has 0 atom stereocenters. The lowest BCUT2D eigenvalue weighted by Gasteiger charge is -2.03. The summed E-state index contributed by atoms with van der Waals surface area (Å²) < 4.78 is 2.74. The zero-order valence-corrected chi connectivity index (χ0v) is 11.7. The second-order valence-electron chi connectivity index (χ2n) is 3.79. The number of nitrogens with zero attached hydrogens (tertiary/aromatic N) is 1. The van der Waals surface area contributed by atoms with E-state index in [0.29, 0.717) is 0 Å². The van der Waals surface area contributed by atoms with Crippen LogP contribution in [0, 0.1) is 3.57 Å². The molecule has 0 saturated heterocycles. The Labute approximate surface area is 118 Å². The van der Waals surface area contributed by atoms with Crippen molar-refractivity contribution in [3.05, 3.63) is 52.4 Å². The number of carbonyl (C=O) groups excluding carboxylic acids is 1. The van der Waals surface area contributed by atoms with Crippen LogP contribution < -0.4 is 9.88 Å². The van der Waals surface area contributed by atoms with Gasteiger partial charge < -0.3 is 10.4 Å². The average Bonchev–Trinajstić information content (AvgIpc) is 2.32. The van der Waals surface area contributed by atoms with E-state index in [1.807, 2.05) is 24.3 Å². The van der Waals surface area contributed by atoms with E-state index in [1.54, 1.807) is 22.9 Å². The highest BCUT2D eigenvalue weighted by molar-refractivity contribution is 14.1. The summed E-state index contributed by atoms with van der Waals surface area (Å²) in [4.78, 5) is 11.8. The molecule has 0 fully saturated rings. The number of anilines is 1. The maximum atomic E-state index is 11.8. The van der Waals surface area contributed by atoms with Crippen molar-refractivity contribution in [2.75, 3.05) is 5.32 Å². The quantitative estimate of drug-likeness (QED) is 0.653. The monoisotopic (exact) mass is 355 g/mol. The van der Waals surface area contributed by atoms with Gasteiger partial charge in [-0.15, -0.1) is 0 Å². The van der Waals surface area contributed by atoms with Crippen molar-refractivity contribution in [3.8, 4) is 5.75 Å². The number of amides is 1. The first-order valence-electron chi connectivity index (χ1n) is 5.37. The van der Waals surface area contributed by atoms with E-state index < -0.39 is 0 Å². The molecule has 2 N–H and O–H groups in total. The predicted molar refractivity (Wildman–Crippen MR) is 76.1 cm³/mol. The molecule has 2 rings (SSSR count). The van der Waals surface area contributed by atoms with Gasteiger partial charge in [-0.2, -0.15) is 4.57 Å². The van der Waals surface area contributed by atoms with E-state index in [2.05, 4.69) is 27.9 Å². The number of pyridine rings is 1. The molecule has 1 amide bonds. The van der Waals surface area contributed by atoms with Crippen LogP contribution in [0.3, 0.4) is 0 Å². The number of hydrogen-bond donors (Lipinski definition) is 2. The van der Waals surface area contributed by atoms with Gasteiger partial charge in [0, 0.05) is 15.3 Å². The van der Waals surface area contributed by atoms with Gasteiger partial charge in [0.05, 0.1) is 0 Å². The average molecular weight is 355 g/mol. The zero-order valence-electron chi connectivity index (χ0n) is 9.51. The number of hydrogen-bond acceptors (Lipinski definition) is 2. The molecule has 1 aromatic carbocycles. The molecule has 4 nitrogen and oxygen atoms in total. The van der Waals surface area contributed by atoms with Crippen LogP contribution in [-0.2, 0) is 11.3 Å². The van der Waals surface area contributed by atoms with E-state index in [4.69, 9.17) is 0 Å². The number of carbonyl (C=O) groups is 1. The lowest BCUT2D eigenvalue weighted by molar-refractivity contribution is -0.684. The second kappa shape index (κ2) is 5.81. The predicted octanol–water partition coefficient (Wildman–Crippen LogP) is 1.92. The SMILES string of the molecule is O=C(C[n+]1cccc(O)c1)Nc1ccc(I)cc1. The number of rotatable bonds is 3. The molecule has 18 heavy (non-hydrogen) atoms. The van der Waals surface area contributed by atoms with Crippen molar-refractivity contribution in [3.63, 3.8) is 0 Å². The highest BCUT2D eigenvalue weighted by Crippen LogP contribution is 2.10. The van der Waals surface area contributed by atoms with Gasteiger partial charge in [0.2, 0.25) is 12.7 Å². The Balaban J connectivity index is 1.98. The van der Waals surface area contributed by atoms with Gasteiger partial charge >= 0.3 is 0 Å². The van der Waals surface area contributed by atoms with Crippen molar-refractivity contribution in [1.29, 1.82) is 0 Å². The van der Waals surface area contributed by atoms with Crippen LogP contribution in [0.5, 0.6) is 5.75 Å². The third-order valence-electron chi connectivity index (χ3n) is 2.30. The first-order chi connectivity index (χ1) is 8.63. The molecule has 0 aliphatic heterocycles. The summed E-state index contributed by atoms with van der Waals surface area (Å²) in [6.07, 6.45) is 3.24. The van der Waals surface area contributed by atoms with Crippen molar-refractivity contribution < 1.29 is 14.5 Å². The van der Waals surface area contributed by atoms with Gasteiger partial charge in [-0.05, 0) is 52.9 Å². The van der Waals surface area contributed by atoms with Crippen molar-refractivity contribution in [1.82, 2.24) is 0 Å². The van der Waals surface area contributed by atoms with Crippen molar-refractivity contribution in [2.45, 2.75) is 6.54 Å². The fourth-order valence-electron chi connectivity index (χ4n) is 1.51. The Morgan fingerprint density at radius 2 is 2.00 bits per heavy atom. The topological polar surface area (TPSA) is 53.2 Å². The molecule has 0 aliphatic carbocycles. The van der Waals surface area contributed by atoms with Gasteiger partial charge in [0.15, 0.2) is 11.9 Å². The largest absolute Gasteiger partial charge is 0.503 e. The van der Waals surface area contributed by atoms with Gasteiger partial charge in [0.25, 0.3) is 5.91 Å². The summed E-state index contributed by atoms with van der Waals surface area (Å²) in [5.74, 6) is 0.00590. The van der Waals surface area contributed by atoms with Crippen LogP contribution >= 0.6 is 22.6 Å². The standard InChI is InChI=1S/C13H11IN2O2/c14-10-3-5-11(6-4-10)15-13(18)9-16-7-1-2-12(17)8-16/h1-8H,9H2,(H-,15,17,18)/p+1. The number of benzene rings is 1. The van der Waals surface area contributed by atoms with Gasteiger partial charge in [0.1, 0.15) is 0 Å². The van der Waals surface area contributed by atoms with Crippen molar-refractivity contribution >= 4 is 34.2 Å². The lowest BCUT2D eigenvalue weighted by Crippen LogP contribution is -2.39. The Morgan fingerprint density at radius 3 is 2.67 bits per heavy atom. The van der Waals surface area contributed by atoms with Gasteiger partial charge in [-0.3, -0.25) is 4.79 Å². The Hall–Kier alpha value is -1.63. The molecule has 0 spiro atoms. The minimum Gasteiger partial charge on any atom is -0.503 e. The van der Waals surface area contributed by atoms with Crippen LogP contribution in [0.2, 0.25) is 0 Å². The van der Waals surface area contributed by atoms with Crippen LogP contribution in [-0.4, -0.2) is 11.0 Å². The summed E-state index contributed by atoms with van der Waals surface area (Å²) in [7, 11) is 0. The number of halogens is 1. The normalized spacial score (nSPS) is 10.1. The molecule has 0 radical (unpaired) electrons. The molecule has 0 bridgehead atoms. The summed E-state index contributed by atoms with van der Waals surface area (Å²) in [5, 5.41) is 12.1. The molecule has 0 unspecified atom stereocenters. The molecular formula is C13H12IN2O2+. The summed E-state index contributed by atoms with van der Waals surface area (Å²) >= 11 is 2.21. The van der Waals surface area contributed by atoms with Gasteiger partial charge in [-0.1, -0.05) is 0 Å². The highest BCUT2D eigenvalue weighted by Gasteiger charge is 2.09. The third-order valence-corrected chi connectivity index (χ3v) is 3.02. The Morgan fingerprint density at radius 1 is 1.28 bits per heavy atom. The van der Waals surface area contributed by atoms with E-state index >= 15 is 0 Å². The molecule has 5 heteroatoms. The number of nitrogens with one attached hydrogen (secondary N) is 1. The summed E-state index contributed by atoms with van der Waals surface area (Å²) in [6.45, 7) is 0.167. The fourth-order valence-corrected chi connectivity index (χ4v) is 1.87. The number of aromatic hydroxyl groups is 1. The first-order valence-corrected chi connectivity index (χ1v) is 6.45. The van der Waals surface area contributed by atoms with Crippen LogP contribution in [0.15, 0.2) is 48.8 Å².